The minimum absolute atomic E-state index is 0.0295. The zero-order chi connectivity index (χ0) is 23.0. The molecule has 31 heavy (non-hydrogen) atoms. The summed E-state index contributed by atoms with van der Waals surface area (Å²) in [6.07, 6.45) is -0.493. The van der Waals surface area contributed by atoms with Gasteiger partial charge >= 0.3 is 6.09 Å². The number of nitrogens with zero attached hydrogens (tertiary/aromatic N) is 1. The molecular weight excluding hydrogens is 394 g/mol. The van der Waals surface area contributed by atoms with E-state index in [9.17, 15) is 9.59 Å². The molecule has 0 atom stereocenters. The van der Waals surface area contributed by atoms with Crippen LogP contribution in [0.4, 0.5) is 4.79 Å². The third-order valence-electron chi connectivity index (χ3n) is 4.26. The van der Waals surface area contributed by atoms with Crippen LogP contribution in [0.1, 0.15) is 56.1 Å². The fourth-order valence-corrected chi connectivity index (χ4v) is 2.83. The summed E-state index contributed by atoms with van der Waals surface area (Å²) in [6.45, 7) is 9.87. The molecule has 0 aliphatic carbocycles. The van der Waals surface area contributed by atoms with E-state index >= 15 is 0 Å². The number of hydrogen-bond acceptors (Lipinski definition) is 5. The SMILES string of the molecule is COc1ccc(CN(NCc2ccccc2C(=O)NC(C)C)C(=O)OC(C)(C)C)cc1. The van der Waals surface area contributed by atoms with Crippen LogP contribution in [0.25, 0.3) is 0 Å². The van der Waals surface area contributed by atoms with Crippen molar-refractivity contribution < 1.29 is 19.1 Å². The number of methoxy groups -OCH3 is 1. The maximum absolute atomic E-state index is 12.8. The first-order valence-electron chi connectivity index (χ1n) is 10.3. The Labute approximate surface area is 184 Å². The van der Waals surface area contributed by atoms with Crippen LogP contribution in [0.2, 0.25) is 0 Å². The third kappa shape index (κ3) is 7.94. The van der Waals surface area contributed by atoms with E-state index in [0.29, 0.717) is 12.1 Å². The van der Waals surface area contributed by atoms with Gasteiger partial charge in [0.15, 0.2) is 0 Å². The Balaban J connectivity index is 2.19. The Morgan fingerprint density at radius 3 is 2.26 bits per heavy atom. The summed E-state index contributed by atoms with van der Waals surface area (Å²) in [5.74, 6) is 0.594. The Bertz CT molecular complexity index is 873. The summed E-state index contributed by atoms with van der Waals surface area (Å²) in [5.41, 5.74) is 4.75. The molecule has 0 aliphatic heterocycles. The largest absolute Gasteiger partial charge is 0.497 e. The highest BCUT2D eigenvalue weighted by molar-refractivity contribution is 5.95. The fraction of sp³-hybridized carbons (Fsp3) is 0.417. The van der Waals surface area contributed by atoms with E-state index in [1.165, 1.54) is 5.01 Å². The molecule has 0 aliphatic rings. The monoisotopic (exact) mass is 427 g/mol. The van der Waals surface area contributed by atoms with E-state index in [0.717, 1.165) is 16.9 Å². The molecule has 7 heteroatoms. The topological polar surface area (TPSA) is 79.9 Å². The number of carbonyl (C=O) groups excluding carboxylic acids is 2. The zero-order valence-corrected chi connectivity index (χ0v) is 19.2. The van der Waals surface area contributed by atoms with Crippen molar-refractivity contribution in [3.8, 4) is 5.75 Å². The number of nitrogens with one attached hydrogen (secondary N) is 2. The molecule has 2 amide bonds. The van der Waals surface area contributed by atoms with Crippen LogP contribution in [0, 0.1) is 0 Å². The van der Waals surface area contributed by atoms with Gasteiger partial charge in [0.05, 0.1) is 13.7 Å². The van der Waals surface area contributed by atoms with Crippen molar-refractivity contribution in [2.24, 2.45) is 0 Å². The van der Waals surface area contributed by atoms with Crippen LogP contribution in [0.5, 0.6) is 5.75 Å². The first-order chi connectivity index (χ1) is 14.6. The number of hydrogen-bond donors (Lipinski definition) is 2. The lowest BCUT2D eigenvalue weighted by atomic mass is 10.1. The Morgan fingerprint density at radius 2 is 1.68 bits per heavy atom. The van der Waals surface area contributed by atoms with Gasteiger partial charge in [0.25, 0.3) is 5.91 Å². The second kappa shape index (κ2) is 10.8. The molecular formula is C24H33N3O4. The minimum Gasteiger partial charge on any atom is -0.497 e. The van der Waals surface area contributed by atoms with Gasteiger partial charge in [-0.05, 0) is 63.9 Å². The number of hydrazine groups is 1. The smallest absolute Gasteiger partial charge is 0.425 e. The Hall–Kier alpha value is -3.06. The summed E-state index contributed by atoms with van der Waals surface area (Å²) < 4.78 is 10.8. The second-order valence-corrected chi connectivity index (χ2v) is 8.53. The Morgan fingerprint density at radius 1 is 1.03 bits per heavy atom. The zero-order valence-electron chi connectivity index (χ0n) is 19.2. The van der Waals surface area contributed by atoms with Crippen molar-refractivity contribution >= 4 is 12.0 Å². The summed E-state index contributed by atoms with van der Waals surface area (Å²) in [6, 6.07) is 14.8. The Kier molecular flexibility index (Phi) is 8.45. The molecule has 2 aromatic carbocycles. The van der Waals surface area contributed by atoms with Gasteiger partial charge in [0.1, 0.15) is 11.4 Å². The average molecular weight is 428 g/mol. The number of rotatable bonds is 8. The lowest BCUT2D eigenvalue weighted by molar-refractivity contribution is 0.0107. The first kappa shape index (κ1) is 24.2. The van der Waals surface area contributed by atoms with Gasteiger partial charge in [0, 0.05) is 18.2 Å². The maximum Gasteiger partial charge on any atom is 0.425 e. The van der Waals surface area contributed by atoms with Gasteiger partial charge in [-0.3, -0.25) is 4.79 Å². The number of ether oxygens (including phenoxy) is 2. The van der Waals surface area contributed by atoms with E-state index in [2.05, 4.69) is 10.7 Å². The molecule has 168 valence electrons. The fourth-order valence-electron chi connectivity index (χ4n) is 2.83. The summed E-state index contributed by atoms with van der Waals surface area (Å²) >= 11 is 0. The van der Waals surface area contributed by atoms with E-state index < -0.39 is 11.7 Å². The number of carbonyl (C=O) groups is 2. The highest BCUT2D eigenvalue weighted by Gasteiger charge is 2.23. The van der Waals surface area contributed by atoms with Gasteiger partial charge < -0.3 is 14.8 Å². The third-order valence-corrected chi connectivity index (χ3v) is 4.26. The van der Waals surface area contributed by atoms with Gasteiger partial charge in [0.2, 0.25) is 0 Å². The van der Waals surface area contributed by atoms with Gasteiger partial charge in [-0.25, -0.2) is 15.2 Å². The normalized spacial score (nSPS) is 11.2. The first-order valence-corrected chi connectivity index (χ1v) is 10.3. The number of benzene rings is 2. The molecule has 0 fully saturated rings. The summed E-state index contributed by atoms with van der Waals surface area (Å²) in [5, 5.41) is 4.33. The molecule has 0 aromatic heterocycles. The van der Waals surface area contributed by atoms with Gasteiger partial charge in [-0.1, -0.05) is 30.3 Å². The molecule has 2 N–H and O–H groups in total. The quantitative estimate of drug-likeness (QED) is 0.615. The predicted octanol–water partition coefficient (Wildman–Crippen LogP) is 4.28. The van der Waals surface area contributed by atoms with E-state index in [4.69, 9.17) is 9.47 Å². The molecule has 0 spiro atoms. The van der Waals surface area contributed by atoms with E-state index in [-0.39, 0.29) is 18.5 Å². The predicted molar refractivity (Wildman–Crippen MR) is 121 cm³/mol. The average Bonchev–Trinajstić information content (AvgIpc) is 2.70. The van der Waals surface area contributed by atoms with Crippen molar-refractivity contribution in [3.63, 3.8) is 0 Å². The van der Waals surface area contributed by atoms with Crippen molar-refractivity contribution in [2.45, 2.75) is 59.4 Å². The molecule has 7 nitrogen and oxygen atoms in total. The van der Waals surface area contributed by atoms with Crippen molar-refractivity contribution in [1.82, 2.24) is 15.8 Å². The summed E-state index contributed by atoms with van der Waals surface area (Å²) in [4.78, 5) is 25.3. The van der Waals surface area contributed by atoms with E-state index in [1.54, 1.807) is 13.2 Å². The van der Waals surface area contributed by atoms with Crippen molar-refractivity contribution in [1.29, 1.82) is 0 Å². The molecule has 0 saturated heterocycles. The van der Waals surface area contributed by atoms with Crippen LogP contribution < -0.4 is 15.5 Å². The highest BCUT2D eigenvalue weighted by atomic mass is 16.6. The van der Waals surface area contributed by atoms with Crippen LogP contribution in [0.3, 0.4) is 0 Å². The molecule has 2 aromatic rings. The molecule has 0 heterocycles. The van der Waals surface area contributed by atoms with Crippen LogP contribution in [-0.2, 0) is 17.8 Å². The molecule has 2 rings (SSSR count). The highest BCUT2D eigenvalue weighted by Crippen LogP contribution is 2.16. The van der Waals surface area contributed by atoms with E-state index in [1.807, 2.05) is 77.1 Å². The number of amides is 2. The molecule has 0 radical (unpaired) electrons. The maximum atomic E-state index is 12.8. The second-order valence-electron chi connectivity index (χ2n) is 8.53. The minimum atomic E-state index is -0.633. The molecule has 0 unspecified atom stereocenters. The van der Waals surface area contributed by atoms with Crippen LogP contribution >= 0.6 is 0 Å². The lowest BCUT2D eigenvalue weighted by Gasteiger charge is -2.28. The summed E-state index contributed by atoms with van der Waals surface area (Å²) in [7, 11) is 1.61. The molecule has 0 bridgehead atoms. The molecule has 0 saturated carbocycles. The van der Waals surface area contributed by atoms with Crippen molar-refractivity contribution in [3.05, 3.63) is 65.2 Å². The van der Waals surface area contributed by atoms with Gasteiger partial charge in [-0.15, -0.1) is 0 Å². The van der Waals surface area contributed by atoms with Crippen LogP contribution in [0.15, 0.2) is 48.5 Å². The lowest BCUT2D eigenvalue weighted by Crippen LogP contribution is -2.45. The van der Waals surface area contributed by atoms with Crippen LogP contribution in [-0.4, -0.2) is 35.8 Å². The van der Waals surface area contributed by atoms with Crippen molar-refractivity contribution in [2.75, 3.05) is 7.11 Å². The van der Waals surface area contributed by atoms with Gasteiger partial charge in [-0.2, -0.15) is 0 Å². The standard InChI is InChI=1S/C24H33N3O4/c1-17(2)26-22(28)21-10-8-7-9-19(21)15-25-27(23(29)31-24(3,4)5)16-18-11-13-20(30-6)14-12-18/h7-14,17,25H,15-16H2,1-6H3,(H,26,28).